The molecule has 0 aliphatic rings. The molecule has 0 N–H and O–H groups in total. The summed E-state index contributed by atoms with van der Waals surface area (Å²) < 4.78 is 0. The van der Waals surface area contributed by atoms with Crippen molar-refractivity contribution in [2.45, 2.75) is 27.7 Å². The minimum Gasteiger partial charge on any atom is -0.0984 e. The SMILES string of the molecule is C=CC(=C\C=C(C)C)/C(/C=C\C=C/C)=C/C. The van der Waals surface area contributed by atoms with E-state index in [0.717, 1.165) is 5.57 Å². The van der Waals surface area contributed by atoms with Gasteiger partial charge in [0.25, 0.3) is 0 Å². The van der Waals surface area contributed by atoms with Crippen LogP contribution in [0.1, 0.15) is 27.7 Å². The first kappa shape index (κ1) is 14.4. The van der Waals surface area contributed by atoms with E-state index in [2.05, 4.69) is 44.7 Å². The van der Waals surface area contributed by atoms with Gasteiger partial charge in [-0.25, -0.2) is 0 Å². The molecule has 0 radical (unpaired) electrons. The van der Waals surface area contributed by atoms with Crippen LogP contribution in [0.25, 0.3) is 0 Å². The second-order valence-corrected chi connectivity index (χ2v) is 3.70. The Morgan fingerprint density at radius 1 is 0.938 bits per heavy atom. The highest BCUT2D eigenvalue weighted by molar-refractivity contribution is 5.47. The van der Waals surface area contributed by atoms with E-state index >= 15 is 0 Å². The van der Waals surface area contributed by atoms with Gasteiger partial charge in [-0.2, -0.15) is 0 Å². The van der Waals surface area contributed by atoms with Crippen molar-refractivity contribution < 1.29 is 0 Å². The molecular formula is C16H22. The molecule has 0 rings (SSSR count). The van der Waals surface area contributed by atoms with Crippen molar-refractivity contribution in [3.63, 3.8) is 0 Å². The van der Waals surface area contributed by atoms with Gasteiger partial charge in [-0.15, -0.1) is 0 Å². The molecule has 0 aromatic carbocycles. The monoisotopic (exact) mass is 214 g/mol. The average Bonchev–Trinajstić information content (AvgIpc) is 2.27. The lowest BCUT2D eigenvalue weighted by Crippen LogP contribution is -1.81. The Morgan fingerprint density at radius 2 is 1.62 bits per heavy atom. The van der Waals surface area contributed by atoms with Gasteiger partial charge in [-0.05, 0) is 38.8 Å². The number of hydrogen-bond acceptors (Lipinski definition) is 0. The third-order valence-electron chi connectivity index (χ3n) is 2.04. The van der Waals surface area contributed by atoms with Gasteiger partial charge in [0.05, 0.1) is 0 Å². The van der Waals surface area contributed by atoms with Crippen LogP contribution in [0.5, 0.6) is 0 Å². The zero-order valence-electron chi connectivity index (χ0n) is 10.8. The van der Waals surface area contributed by atoms with Gasteiger partial charge < -0.3 is 0 Å². The van der Waals surface area contributed by atoms with Crippen LogP contribution in [0.15, 0.2) is 71.9 Å². The molecule has 0 unspecified atom stereocenters. The molecule has 0 nitrogen and oxygen atoms in total. The van der Waals surface area contributed by atoms with Crippen LogP contribution in [0, 0.1) is 0 Å². The molecule has 0 aromatic rings. The lowest BCUT2D eigenvalue weighted by molar-refractivity contribution is 1.38. The van der Waals surface area contributed by atoms with E-state index in [1.54, 1.807) is 0 Å². The second kappa shape index (κ2) is 8.72. The smallest absolute Gasteiger partial charge is 0.0193 e. The summed E-state index contributed by atoms with van der Waals surface area (Å²) in [5, 5.41) is 0. The molecule has 0 heteroatoms. The summed E-state index contributed by atoms with van der Waals surface area (Å²) in [7, 11) is 0. The van der Waals surface area contributed by atoms with Crippen LogP contribution in [0.3, 0.4) is 0 Å². The largest absolute Gasteiger partial charge is 0.0984 e. The summed E-state index contributed by atoms with van der Waals surface area (Å²) in [6.45, 7) is 12.1. The van der Waals surface area contributed by atoms with E-state index in [1.165, 1.54) is 11.1 Å². The Balaban J connectivity index is 4.99. The maximum Gasteiger partial charge on any atom is -0.0193 e. The normalized spacial score (nSPS) is 13.5. The molecule has 0 saturated carbocycles. The van der Waals surface area contributed by atoms with Gasteiger partial charge in [-0.1, -0.05) is 60.8 Å². The topological polar surface area (TPSA) is 0 Å². The summed E-state index contributed by atoms with van der Waals surface area (Å²) in [6, 6.07) is 0. The van der Waals surface area contributed by atoms with Crippen LogP contribution in [0.4, 0.5) is 0 Å². The maximum atomic E-state index is 3.85. The molecule has 0 amide bonds. The molecule has 0 heterocycles. The van der Waals surface area contributed by atoms with E-state index in [4.69, 9.17) is 0 Å². The minimum absolute atomic E-state index is 1.14. The van der Waals surface area contributed by atoms with Crippen molar-refractivity contribution in [2.24, 2.45) is 0 Å². The fraction of sp³-hybridized carbons (Fsp3) is 0.250. The lowest BCUT2D eigenvalue weighted by Gasteiger charge is -2.01. The van der Waals surface area contributed by atoms with Crippen LogP contribution in [-0.4, -0.2) is 0 Å². The third-order valence-corrected chi connectivity index (χ3v) is 2.04. The summed E-state index contributed by atoms with van der Waals surface area (Å²) in [4.78, 5) is 0. The van der Waals surface area contributed by atoms with Gasteiger partial charge in [0, 0.05) is 0 Å². The summed E-state index contributed by atoms with van der Waals surface area (Å²) in [6.07, 6.45) is 16.3. The summed E-state index contributed by atoms with van der Waals surface area (Å²) in [5.74, 6) is 0. The van der Waals surface area contributed by atoms with Gasteiger partial charge in [0.15, 0.2) is 0 Å². The van der Waals surface area contributed by atoms with Crippen molar-refractivity contribution in [1.29, 1.82) is 0 Å². The van der Waals surface area contributed by atoms with Gasteiger partial charge in [0.1, 0.15) is 0 Å². The van der Waals surface area contributed by atoms with Crippen LogP contribution >= 0.6 is 0 Å². The second-order valence-electron chi connectivity index (χ2n) is 3.70. The molecule has 0 aliphatic heterocycles. The van der Waals surface area contributed by atoms with Crippen molar-refractivity contribution >= 4 is 0 Å². The minimum atomic E-state index is 1.14. The van der Waals surface area contributed by atoms with Gasteiger partial charge >= 0.3 is 0 Å². The molecule has 0 atom stereocenters. The quantitative estimate of drug-likeness (QED) is 0.556. The van der Waals surface area contributed by atoms with Gasteiger partial charge in [-0.3, -0.25) is 0 Å². The predicted octanol–water partition coefficient (Wildman–Crippen LogP) is 5.14. The molecular weight excluding hydrogens is 192 g/mol. The molecule has 0 aromatic heterocycles. The molecule has 0 saturated heterocycles. The van der Waals surface area contributed by atoms with Crippen molar-refractivity contribution in [3.05, 3.63) is 71.9 Å². The zero-order valence-corrected chi connectivity index (χ0v) is 10.8. The molecule has 0 bridgehead atoms. The Morgan fingerprint density at radius 3 is 2.06 bits per heavy atom. The van der Waals surface area contributed by atoms with E-state index in [0.29, 0.717) is 0 Å². The predicted molar refractivity (Wildman–Crippen MR) is 75.4 cm³/mol. The van der Waals surface area contributed by atoms with Crippen LogP contribution in [0.2, 0.25) is 0 Å². The molecule has 0 aliphatic carbocycles. The van der Waals surface area contributed by atoms with Gasteiger partial charge in [0.2, 0.25) is 0 Å². The molecule has 16 heavy (non-hydrogen) atoms. The standard InChI is InChI=1S/C16H22/c1-6-9-10-11-15(7-2)16(8-3)13-12-14(4)5/h6-13H,3H2,1-2,4-5H3/b9-6-,11-10-,15-7+,16-13+. The van der Waals surface area contributed by atoms with Crippen molar-refractivity contribution in [3.8, 4) is 0 Å². The van der Waals surface area contributed by atoms with E-state index in [-0.39, 0.29) is 0 Å². The Kier molecular flexibility index (Phi) is 7.87. The Bertz CT molecular complexity index is 353. The first-order chi connectivity index (χ1) is 7.65. The first-order valence-corrected chi connectivity index (χ1v) is 5.59. The third kappa shape index (κ3) is 6.02. The fourth-order valence-electron chi connectivity index (χ4n) is 1.17. The summed E-state index contributed by atoms with van der Waals surface area (Å²) in [5.41, 5.74) is 3.61. The number of hydrogen-bond donors (Lipinski definition) is 0. The number of rotatable bonds is 5. The van der Waals surface area contributed by atoms with Crippen molar-refractivity contribution in [2.75, 3.05) is 0 Å². The van der Waals surface area contributed by atoms with E-state index in [9.17, 15) is 0 Å². The Hall–Kier alpha value is -1.56. The highest BCUT2D eigenvalue weighted by atomic mass is 14.0. The lowest BCUT2D eigenvalue weighted by atomic mass is 10.0. The molecule has 0 fully saturated rings. The highest BCUT2D eigenvalue weighted by Crippen LogP contribution is 2.13. The van der Waals surface area contributed by atoms with Crippen LogP contribution in [-0.2, 0) is 0 Å². The zero-order chi connectivity index (χ0) is 12.4. The average molecular weight is 214 g/mol. The number of allylic oxidation sites excluding steroid dienone is 11. The molecule has 0 spiro atoms. The van der Waals surface area contributed by atoms with E-state index in [1.807, 2.05) is 38.2 Å². The maximum absolute atomic E-state index is 3.85. The van der Waals surface area contributed by atoms with Crippen LogP contribution < -0.4 is 0 Å². The van der Waals surface area contributed by atoms with Crippen molar-refractivity contribution in [1.82, 2.24) is 0 Å². The first-order valence-electron chi connectivity index (χ1n) is 5.59. The highest BCUT2D eigenvalue weighted by Gasteiger charge is 1.94. The summed E-state index contributed by atoms with van der Waals surface area (Å²) >= 11 is 0. The van der Waals surface area contributed by atoms with E-state index < -0.39 is 0 Å². The fourth-order valence-corrected chi connectivity index (χ4v) is 1.17. The molecule has 86 valence electrons. The Labute approximate surface area is 100 Å².